The molecule has 0 fully saturated rings. The number of nitrogens with zero attached hydrogens (tertiary/aromatic N) is 1. The van der Waals surface area contributed by atoms with Crippen LogP contribution >= 0.6 is 0 Å². The Labute approximate surface area is 174 Å². The Morgan fingerprint density at radius 1 is 0.967 bits per heavy atom. The molecular formula is C22H20F2N2O3S. The SMILES string of the molecule is C[C@@H](NC(=O)c1cccc(S(=O)(=O)N(C)c2ccccc2F)c1)c1ccc(F)cc1. The molecule has 156 valence electrons. The van der Waals surface area contributed by atoms with E-state index in [0.29, 0.717) is 5.56 Å². The highest BCUT2D eigenvalue weighted by Crippen LogP contribution is 2.25. The van der Waals surface area contributed by atoms with Crippen molar-refractivity contribution >= 4 is 21.6 Å². The average molecular weight is 430 g/mol. The Hall–Kier alpha value is -3.26. The third-order valence-electron chi connectivity index (χ3n) is 4.66. The zero-order chi connectivity index (χ0) is 21.9. The lowest BCUT2D eigenvalue weighted by molar-refractivity contribution is 0.0939. The normalized spacial score (nSPS) is 12.3. The lowest BCUT2D eigenvalue weighted by Crippen LogP contribution is -2.29. The smallest absolute Gasteiger partial charge is 0.264 e. The first-order chi connectivity index (χ1) is 14.2. The van der Waals surface area contributed by atoms with Gasteiger partial charge >= 0.3 is 0 Å². The molecule has 0 saturated heterocycles. The number of hydrogen-bond donors (Lipinski definition) is 1. The summed E-state index contributed by atoms with van der Waals surface area (Å²) < 4.78 is 53.8. The van der Waals surface area contributed by atoms with E-state index in [-0.39, 0.29) is 22.0 Å². The topological polar surface area (TPSA) is 66.5 Å². The number of nitrogens with one attached hydrogen (secondary N) is 1. The molecule has 1 N–H and O–H groups in total. The standard InChI is InChI=1S/C22H20F2N2O3S/c1-15(16-10-12-18(23)13-11-16)25-22(27)17-6-5-7-19(14-17)30(28,29)26(2)21-9-4-3-8-20(21)24/h3-15H,1-2H3,(H,25,27)/t15-/m1/s1. The summed E-state index contributed by atoms with van der Waals surface area (Å²) in [4.78, 5) is 12.5. The predicted octanol–water partition coefficient (Wildman–Crippen LogP) is 4.28. The van der Waals surface area contributed by atoms with E-state index >= 15 is 0 Å². The van der Waals surface area contributed by atoms with Crippen LogP contribution in [0.25, 0.3) is 0 Å². The molecule has 0 aliphatic heterocycles. The summed E-state index contributed by atoms with van der Waals surface area (Å²) in [6.07, 6.45) is 0. The molecule has 1 amide bonds. The predicted molar refractivity (Wildman–Crippen MR) is 111 cm³/mol. The number of amides is 1. The Kier molecular flexibility index (Phi) is 6.17. The Balaban J connectivity index is 1.83. The lowest BCUT2D eigenvalue weighted by atomic mass is 10.1. The van der Waals surface area contributed by atoms with Crippen molar-refractivity contribution in [1.82, 2.24) is 5.32 Å². The van der Waals surface area contributed by atoms with Crippen LogP contribution in [0.15, 0.2) is 77.7 Å². The molecule has 30 heavy (non-hydrogen) atoms. The van der Waals surface area contributed by atoms with Crippen LogP contribution in [0, 0.1) is 11.6 Å². The summed E-state index contributed by atoms with van der Waals surface area (Å²) in [5.41, 5.74) is 0.733. The molecule has 0 aromatic heterocycles. The number of rotatable bonds is 6. The number of carbonyl (C=O) groups excluding carboxylic acids is 1. The van der Waals surface area contributed by atoms with E-state index in [9.17, 15) is 22.0 Å². The van der Waals surface area contributed by atoms with Gasteiger partial charge in [-0.1, -0.05) is 30.3 Å². The molecule has 0 heterocycles. The van der Waals surface area contributed by atoms with E-state index in [1.54, 1.807) is 19.1 Å². The summed E-state index contributed by atoms with van der Waals surface area (Å²) in [5, 5.41) is 2.75. The lowest BCUT2D eigenvalue weighted by Gasteiger charge is -2.20. The van der Waals surface area contributed by atoms with Crippen molar-refractivity contribution in [3.05, 3.63) is 95.6 Å². The van der Waals surface area contributed by atoms with Gasteiger partial charge in [0.25, 0.3) is 15.9 Å². The van der Waals surface area contributed by atoms with Gasteiger partial charge in [0.1, 0.15) is 11.6 Å². The maximum Gasteiger partial charge on any atom is 0.264 e. The van der Waals surface area contributed by atoms with Gasteiger partial charge in [0.2, 0.25) is 0 Å². The molecule has 3 aromatic carbocycles. The number of halogens is 2. The van der Waals surface area contributed by atoms with E-state index in [2.05, 4.69) is 5.32 Å². The van der Waals surface area contributed by atoms with Crippen molar-refractivity contribution in [3.63, 3.8) is 0 Å². The fourth-order valence-corrected chi connectivity index (χ4v) is 4.16. The molecule has 0 bridgehead atoms. The van der Waals surface area contributed by atoms with Gasteiger partial charge in [-0.05, 0) is 55.0 Å². The minimum atomic E-state index is -4.08. The molecule has 5 nitrogen and oxygen atoms in total. The van der Waals surface area contributed by atoms with Gasteiger partial charge in [-0.25, -0.2) is 17.2 Å². The summed E-state index contributed by atoms with van der Waals surface area (Å²) in [6, 6.07) is 16.3. The molecule has 0 spiro atoms. The fourth-order valence-electron chi connectivity index (χ4n) is 2.91. The molecular weight excluding hydrogens is 410 g/mol. The van der Waals surface area contributed by atoms with E-state index < -0.39 is 27.8 Å². The van der Waals surface area contributed by atoms with Crippen LogP contribution < -0.4 is 9.62 Å². The second-order valence-corrected chi connectivity index (χ2v) is 8.67. The third-order valence-corrected chi connectivity index (χ3v) is 6.43. The number of anilines is 1. The van der Waals surface area contributed by atoms with Gasteiger partial charge in [0, 0.05) is 12.6 Å². The molecule has 0 aliphatic carbocycles. The Morgan fingerprint density at radius 3 is 2.30 bits per heavy atom. The number of hydrogen-bond acceptors (Lipinski definition) is 3. The third kappa shape index (κ3) is 4.49. The van der Waals surface area contributed by atoms with Crippen LogP contribution in [0.4, 0.5) is 14.5 Å². The molecule has 1 atom stereocenters. The largest absolute Gasteiger partial charge is 0.346 e. The second-order valence-electron chi connectivity index (χ2n) is 6.70. The van der Waals surface area contributed by atoms with Crippen molar-refractivity contribution in [2.45, 2.75) is 17.9 Å². The molecule has 3 aromatic rings. The number of para-hydroxylation sites is 1. The Morgan fingerprint density at radius 2 is 1.63 bits per heavy atom. The summed E-state index contributed by atoms with van der Waals surface area (Å²) >= 11 is 0. The van der Waals surface area contributed by atoms with Crippen LogP contribution in [-0.2, 0) is 10.0 Å². The van der Waals surface area contributed by atoms with Crippen LogP contribution in [-0.4, -0.2) is 21.4 Å². The second kappa shape index (κ2) is 8.62. The number of carbonyl (C=O) groups is 1. The van der Waals surface area contributed by atoms with E-state index in [1.165, 1.54) is 67.7 Å². The molecule has 3 rings (SSSR count). The molecule has 8 heteroatoms. The van der Waals surface area contributed by atoms with Crippen molar-refractivity contribution in [3.8, 4) is 0 Å². The zero-order valence-electron chi connectivity index (χ0n) is 16.3. The summed E-state index contributed by atoms with van der Waals surface area (Å²) in [5.74, 6) is -1.54. The summed E-state index contributed by atoms with van der Waals surface area (Å²) in [7, 11) is -2.84. The van der Waals surface area contributed by atoms with Crippen LogP contribution in [0.3, 0.4) is 0 Å². The highest BCUT2D eigenvalue weighted by molar-refractivity contribution is 7.92. The minimum Gasteiger partial charge on any atom is -0.346 e. The van der Waals surface area contributed by atoms with Gasteiger partial charge in [-0.3, -0.25) is 9.10 Å². The molecule has 0 radical (unpaired) electrons. The van der Waals surface area contributed by atoms with Crippen molar-refractivity contribution in [2.24, 2.45) is 0 Å². The van der Waals surface area contributed by atoms with Gasteiger partial charge in [0.15, 0.2) is 0 Å². The monoisotopic (exact) mass is 430 g/mol. The van der Waals surface area contributed by atoms with Gasteiger partial charge in [0.05, 0.1) is 16.6 Å². The van der Waals surface area contributed by atoms with E-state index in [4.69, 9.17) is 0 Å². The van der Waals surface area contributed by atoms with Crippen molar-refractivity contribution in [2.75, 3.05) is 11.4 Å². The maximum atomic E-state index is 14.0. The zero-order valence-corrected chi connectivity index (χ0v) is 17.2. The number of benzene rings is 3. The van der Waals surface area contributed by atoms with E-state index in [0.717, 1.165) is 4.31 Å². The van der Waals surface area contributed by atoms with Crippen LogP contribution in [0.2, 0.25) is 0 Å². The van der Waals surface area contributed by atoms with E-state index in [1.807, 2.05) is 0 Å². The van der Waals surface area contributed by atoms with Gasteiger partial charge in [-0.2, -0.15) is 0 Å². The van der Waals surface area contributed by atoms with Crippen molar-refractivity contribution in [1.29, 1.82) is 0 Å². The average Bonchev–Trinajstić information content (AvgIpc) is 2.74. The molecule has 0 aliphatic rings. The fraction of sp³-hybridized carbons (Fsp3) is 0.136. The van der Waals surface area contributed by atoms with Crippen LogP contribution in [0.1, 0.15) is 28.9 Å². The maximum absolute atomic E-state index is 14.0. The van der Waals surface area contributed by atoms with Gasteiger partial charge in [-0.15, -0.1) is 0 Å². The van der Waals surface area contributed by atoms with Crippen LogP contribution in [0.5, 0.6) is 0 Å². The quantitative estimate of drug-likeness (QED) is 0.635. The highest BCUT2D eigenvalue weighted by atomic mass is 32.2. The first-order valence-electron chi connectivity index (χ1n) is 9.10. The molecule has 0 saturated carbocycles. The van der Waals surface area contributed by atoms with Gasteiger partial charge < -0.3 is 5.32 Å². The highest BCUT2D eigenvalue weighted by Gasteiger charge is 2.24. The first-order valence-corrected chi connectivity index (χ1v) is 10.5. The summed E-state index contributed by atoms with van der Waals surface area (Å²) in [6.45, 7) is 1.73. The van der Waals surface area contributed by atoms with Crippen molar-refractivity contribution < 1.29 is 22.0 Å². The molecule has 0 unspecified atom stereocenters. The Bertz CT molecular complexity index is 1170. The minimum absolute atomic E-state index is 0.0997. The number of sulfonamides is 1. The first kappa shape index (κ1) is 21.4.